The Kier molecular flexibility index (Phi) is 3.28. The van der Waals surface area contributed by atoms with E-state index in [1.165, 1.54) is 0 Å². The van der Waals surface area contributed by atoms with Crippen molar-refractivity contribution in [3.8, 4) is 0 Å². The van der Waals surface area contributed by atoms with Crippen LogP contribution in [0.1, 0.15) is 0 Å². The molecule has 1 atom stereocenters. The Morgan fingerprint density at radius 2 is 2.00 bits per heavy atom. The van der Waals surface area contributed by atoms with Crippen LogP contribution in [0.15, 0.2) is 35.2 Å². The molecule has 0 bridgehead atoms. The van der Waals surface area contributed by atoms with Crippen molar-refractivity contribution in [3.05, 3.63) is 30.3 Å². The quantitative estimate of drug-likeness (QED) is 0.809. The number of rotatable bonds is 2. The summed E-state index contributed by atoms with van der Waals surface area (Å²) in [6.07, 6.45) is 0. The molecule has 1 heterocycles. The van der Waals surface area contributed by atoms with Gasteiger partial charge in [0.05, 0.1) is 4.90 Å². The SMILES string of the molecule is CN1CCNCC1S(=O)(=O)c1ccccc1. The Labute approximate surface area is 96.2 Å². The van der Waals surface area contributed by atoms with E-state index < -0.39 is 15.2 Å². The molecule has 1 aliphatic rings. The summed E-state index contributed by atoms with van der Waals surface area (Å²) in [6, 6.07) is 8.63. The number of nitrogens with zero attached hydrogens (tertiary/aromatic N) is 1. The molecule has 0 amide bonds. The zero-order chi connectivity index (χ0) is 11.6. The Morgan fingerprint density at radius 1 is 1.31 bits per heavy atom. The van der Waals surface area contributed by atoms with Gasteiger partial charge in [-0.15, -0.1) is 0 Å². The fourth-order valence-corrected chi connectivity index (χ4v) is 3.66. The number of piperazine rings is 1. The van der Waals surface area contributed by atoms with Gasteiger partial charge >= 0.3 is 0 Å². The van der Waals surface area contributed by atoms with E-state index in [1.807, 2.05) is 18.0 Å². The van der Waals surface area contributed by atoms with Crippen LogP contribution < -0.4 is 5.32 Å². The van der Waals surface area contributed by atoms with Crippen molar-refractivity contribution in [2.75, 3.05) is 26.7 Å². The molecule has 88 valence electrons. The summed E-state index contributed by atoms with van der Waals surface area (Å²) >= 11 is 0. The first-order valence-electron chi connectivity index (χ1n) is 5.32. The van der Waals surface area contributed by atoms with Crippen molar-refractivity contribution >= 4 is 9.84 Å². The maximum absolute atomic E-state index is 12.3. The highest BCUT2D eigenvalue weighted by Gasteiger charge is 2.32. The first kappa shape index (κ1) is 11.6. The Morgan fingerprint density at radius 3 is 2.62 bits per heavy atom. The lowest BCUT2D eigenvalue weighted by Gasteiger charge is -2.32. The number of benzene rings is 1. The van der Waals surface area contributed by atoms with Crippen LogP contribution in [0.25, 0.3) is 0 Å². The fraction of sp³-hybridized carbons (Fsp3) is 0.455. The number of nitrogens with one attached hydrogen (secondary N) is 1. The number of hydrogen-bond donors (Lipinski definition) is 1. The van der Waals surface area contributed by atoms with E-state index in [-0.39, 0.29) is 0 Å². The molecule has 0 aromatic heterocycles. The van der Waals surface area contributed by atoms with Gasteiger partial charge in [0, 0.05) is 19.6 Å². The molecule has 4 nitrogen and oxygen atoms in total. The first-order valence-corrected chi connectivity index (χ1v) is 6.87. The summed E-state index contributed by atoms with van der Waals surface area (Å²) in [7, 11) is -1.39. The molecule has 16 heavy (non-hydrogen) atoms. The fourth-order valence-electron chi connectivity index (χ4n) is 1.89. The molecule has 1 aliphatic heterocycles. The Bertz CT molecular complexity index is 444. The maximum Gasteiger partial charge on any atom is 0.195 e. The molecule has 0 radical (unpaired) electrons. The van der Waals surface area contributed by atoms with Crippen molar-refractivity contribution in [1.82, 2.24) is 10.2 Å². The summed E-state index contributed by atoms with van der Waals surface area (Å²) in [5, 5.41) is 2.67. The lowest BCUT2D eigenvalue weighted by Crippen LogP contribution is -2.52. The summed E-state index contributed by atoms with van der Waals surface area (Å²) in [5.74, 6) is 0. The van der Waals surface area contributed by atoms with Crippen LogP contribution in [0.3, 0.4) is 0 Å². The van der Waals surface area contributed by atoms with Crippen molar-refractivity contribution < 1.29 is 8.42 Å². The monoisotopic (exact) mass is 240 g/mol. The first-order chi connectivity index (χ1) is 7.62. The van der Waals surface area contributed by atoms with Gasteiger partial charge in [0.25, 0.3) is 0 Å². The summed E-state index contributed by atoms with van der Waals surface area (Å²) < 4.78 is 24.6. The zero-order valence-corrected chi connectivity index (χ0v) is 10.1. The summed E-state index contributed by atoms with van der Waals surface area (Å²) in [6.45, 7) is 2.10. The highest BCUT2D eigenvalue weighted by Crippen LogP contribution is 2.18. The van der Waals surface area contributed by atoms with Gasteiger partial charge in [0.1, 0.15) is 5.37 Å². The van der Waals surface area contributed by atoms with Crippen LogP contribution in [-0.2, 0) is 9.84 Å². The molecular weight excluding hydrogens is 224 g/mol. The van der Waals surface area contributed by atoms with Gasteiger partial charge < -0.3 is 5.32 Å². The third kappa shape index (κ3) is 2.11. The highest BCUT2D eigenvalue weighted by molar-refractivity contribution is 7.92. The molecular formula is C11H16N2O2S. The second-order valence-electron chi connectivity index (χ2n) is 4.00. The molecule has 1 aromatic rings. The summed E-state index contributed by atoms with van der Waals surface area (Å²) in [5.41, 5.74) is 0. The van der Waals surface area contributed by atoms with Crippen molar-refractivity contribution in [1.29, 1.82) is 0 Å². The van der Waals surface area contributed by atoms with Gasteiger partial charge in [-0.2, -0.15) is 0 Å². The minimum atomic E-state index is -3.25. The van der Waals surface area contributed by atoms with E-state index in [0.717, 1.165) is 13.1 Å². The topological polar surface area (TPSA) is 49.4 Å². The van der Waals surface area contributed by atoms with Crippen LogP contribution in [-0.4, -0.2) is 45.4 Å². The number of sulfone groups is 1. The second kappa shape index (κ2) is 4.53. The highest BCUT2D eigenvalue weighted by atomic mass is 32.2. The third-order valence-corrected chi connectivity index (χ3v) is 5.05. The third-order valence-electron chi connectivity index (χ3n) is 2.88. The van der Waals surface area contributed by atoms with Crippen LogP contribution in [0, 0.1) is 0 Å². The smallest absolute Gasteiger partial charge is 0.195 e. The average Bonchev–Trinajstić information content (AvgIpc) is 2.30. The Balaban J connectivity index is 2.32. The molecule has 1 unspecified atom stereocenters. The molecule has 1 fully saturated rings. The molecule has 1 N–H and O–H groups in total. The normalized spacial score (nSPS) is 23.2. The molecule has 2 rings (SSSR count). The summed E-state index contributed by atoms with van der Waals surface area (Å²) in [4.78, 5) is 2.29. The van der Waals surface area contributed by atoms with Crippen molar-refractivity contribution in [2.24, 2.45) is 0 Å². The lowest BCUT2D eigenvalue weighted by molar-refractivity contribution is 0.255. The van der Waals surface area contributed by atoms with Crippen molar-refractivity contribution in [2.45, 2.75) is 10.3 Å². The van der Waals surface area contributed by atoms with Crippen LogP contribution in [0.4, 0.5) is 0 Å². The van der Waals surface area contributed by atoms with Gasteiger partial charge in [0.15, 0.2) is 9.84 Å². The number of likely N-dealkylation sites (N-methyl/N-ethyl adjacent to an activating group) is 1. The maximum atomic E-state index is 12.3. The van der Waals surface area contributed by atoms with Gasteiger partial charge in [0.2, 0.25) is 0 Å². The minimum Gasteiger partial charge on any atom is -0.313 e. The molecule has 1 aromatic carbocycles. The van der Waals surface area contributed by atoms with E-state index in [1.54, 1.807) is 24.3 Å². The molecule has 1 saturated heterocycles. The van der Waals surface area contributed by atoms with E-state index in [9.17, 15) is 8.42 Å². The second-order valence-corrected chi connectivity index (χ2v) is 6.10. The minimum absolute atomic E-state index is 0.399. The standard InChI is InChI=1S/C11H16N2O2S/c1-13-8-7-12-9-11(13)16(14,15)10-5-3-2-4-6-10/h2-6,11-12H,7-9H2,1H3. The molecule has 0 saturated carbocycles. The van der Waals surface area contributed by atoms with Gasteiger partial charge in [-0.05, 0) is 19.2 Å². The predicted molar refractivity (Wildman–Crippen MR) is 62.9 cm³/mol. The average molecular weight is 240 g/mol. The Hall–Kier alpha value is -0.910. The van der Waals surface area contributed by atoms with Gasteiger partial charge in [-0.1, -0.05) is 18.2 Å². The van der Waals surface area contributed by atoms with E-state index in [0.29, 0.717) is 11.4 Å². The van der Waals surface area contributed by atoms with E-state index in [4.69, 9.17) is 0 Å². The lowest BCUT2D eigenvalue weighted by atomic mass is 10.4. The molecule has 5 heteroatoms. The van der Waals surface area contributed by atoms with Crippen LogP contribution in [0.2, 0.25) is 0 Å². The van der Waals surface area contributed by atoms with Crippen molar-refractivity contribution in [3.63, 3.8) is 0 Å². The molecule has 0 aliphatic carbocycles. The number of hydrogen-bond acceptors (Lipinski definition) is 4. The van der Waals surface area contributed by atoms with Gasteiger partial charge in [-0.25, -0.2) is 8.42 Å². The molecule has 0 spiro atoms. The van der Waals surface area contributed by atoms with Gasteiger partial charge in [-0.3, -0.25) is 4.90 Å². The van der Waals surface area contributed by atoms with E-state index >= 15 is 0 Å². The largest absolute Gasteiger partial charge is 0.313 e. The zero-order valence-electron chi connectivity index (χ0n) is 9.26. The van der Waals surface area contributed by atoms with Crippen LogP contribution in [0.5, 0.6) is 0 Å². The van der Waals surface area contributed by atoms with Crippen LogP contribution >= 0.6 is 0 Å². The van der Waals surface area contributed by atoms with E-state index in [2.05, 4.69) is 5.32 Å². The predicted octanol–water partition coefficient (Wildman–Crippen LogP) is 0.321.